The molecule has 0 saturated heterocycles. The first-order valence-electron chi connectivity index (χ1n) is 8.98. The molecule has 0 N–H and O–H groups in total. The van der Waals surface area contributed by atoms with E-state index in [4.69, 9.17) is 8.60 Å². The molecule has 164 valence electrons. The zero-order chi connectivity index (χ0) is 22.6. The van der Waals surface area contributed by atoms with Gasteiger partial charge in [-0.2, -0.15) is 21.6 Å². The number of hydrogen-bond acceptors (Lipinski definition) is 5. The maximum absolute atomic E-state index is 13.1. The SMILES string of the molecule is CS(=O)(=O)Oc1cccc(CN(Cc2ccco2)C(=O)c2cccc(C(F)(F)F)c2)c1. The molecular weight excluding hydrogens is 435 g/mol. The Morgan fingerprint density at radius 3 is 2.42 bits per heavy atom. The van der Waals surface area contributed by atoms with E-state index in [9.17, 15) is 26.4 Å². The Hall–Kier alpha value is -3.27. The number of alkyl halides is 3. The van der Waals surface area contributed by atoms with Crippen molar-refractivity contribution in [3.63, 3.8) is 0 Å². The van der Waals surface area contributed by atoms with Crippen molar-refractivity contribution in [3.05, 3.63) is 89.4 Å². The van der Waals surface area contributed by atoms with E-state index in [0.29, 0.717) is 11.3 Å². The lowest BCUT2D eigenvalue weighted by Gasteiger charge is -2.23. The lowest BCUT2D eigenvalue weighted by molar-refractivity contribution is -0.137. The van der Waals surface area contributed by atoms with Crippen LogP contribution in [0.25, 0.3) is 0 Å². The summed E-state index contributed by atoms with van der Waals surface area (Å²) in [6, 6.07) is 13.5. The fourth-order valence-electron chi connectivity index (χ4n) is 2.89. The summed E-state index contributed by atoms with van der Waals surface area (Å²) in [5, 5.41) is 0. The number of carbonyl (C=O) groups excluding carboxylic acids is 1. The molecule has 1 aromatic heterocycles. The quantitative estimate of drug-likeness (QED) is 0.493. The van der Waals surface area contributed by atoms with E-state index in [0.717, 1.165) is 18.4 Å². The Morgan fingerprint density at radius 2 is 1.77 bits per heavy atom. The van der Waals surface area contributed by atoms with Crippen LogP contribution in [0, 0.1) is 0 Å². The minimum absolute atomic E-state index is 0.000754. The summed E-state index contributed by atoms with van der Waals surface area (Å²) in [6.45, 7) is -0.0179. The highest BCUT2D eigenvalue weighted by Gasteiger charge is 2.31. The zero-order valence-corrected chi connectivity index (χ0v) is 17.1. The number of benzene rings is 2. The fourth-order valence-corrected chi connectivity index (χ4v) is 3.35. The van der Waals surface area contributed by atoms with Gasteiger partial charge in [-0.15, -0.1) is 0 Å². The largest absolute Gasteiger partial charge is 0.467 e. The molecule has 0 spiro atoms. The molecular formula is C21H18F3NO5S. The van der Waals surface area contributed by atoms with Gasteiger partial charge in [-0.05, 0) is 48.0 Å². The van der Waals surface area contributed by atoms with E-state index in [1.165, 1.54) is 35.4 Å². The van der Waals surface area contributed by atoms with Crippen molar-refractivity contribution < 1.29 is 35.0 Å². The second-order valence-electron chi connectivity index (χ2n) is 6.75. The first-order valence-corrected chi connectivity index (χ1v) is 10.8. The van der Waals surface area contributed by atoms with Crippen LogP contribution in [0.4, 0.5) is 13.2 Å². The predicted molar refractivity (Wildman–Crippen MR) is 106 cm³/mol. The number of nitrogens with zero attached hydrogens (tertiary/aromatic N) is 1. The van der Waals surface area contributed by atoms with Gasteiger partial charge in [-0.1, -0.05) is 18.2 Å². The van der Waals surface area contributed by atoms with E-state index in [-0.39, 0.29) is 24.4 Å². The Morgan fingerprint density at radius 1 is 1.03 bits per heavy atom. The molecule has 0 aliphatic rings. The average molecular weight is 453 g/mol. The highest BCUT2D eigenvalue weighted by molar-refractivity contribution is 7.86. The summed E-state index contributed by atoms with van der Waals surface area (Å²) >= 11 is 0. The van der Waals surface area contributed by atoms with Crippen LogP contribution in [0.1, 0.15) is 27.2 Å². The molecule has 6 nitrogen and oxygen atoms in total. The molecule has 1 heterocycles. The molecule has 0 unspecified atom stereocenters. The van der Waals surface area contributed by atoms with Crippen molar-refractivity contribution >= 4 is 16.0 Å². The molecule has 0 fully saturated rings. The van der Waals surface area contributed by atoms with Crippen molar-refractivity contribution in [1.82, 2.24) is 4.90 Å². The van der Waals surface area contributed by atoms with Crippen molar-refractivity contribution in [2.75, 3.05) is 6.26 Å². The first kappa shape index (κ1) is 22.4. The minimum atomic E-state index is -4.58. The van der Waals surface area contributed by atoms with E-state index >= 15 is 0 Å². The molecule has 1 amide bonds. The summed E-state index contributed by atoms with van der Waals surface area (Å²) in [6.07, 6.45) is -2.26. The molecule has 3 rings (SSSR count). The van der Waals surface area contributed by atoms with Crippen molar-refractivity contribution in [2.24, 2.45) is 0 Å². The number of amides is 1. The first-order chi connectivity index (χ1) is 14.5. The third-order valence-electron chi connectivity index (χ3n) is 4.17. The molecule has 0 aliphatic heterocycles. The number of rotatable bonds is 7. The van der Waals surface area contributed by atoms with Gasteiger partial charge in [0.1, 0.15) is 11.5 Å². The van der Waals surface area contributed by atoms with Crippen LogP contribution in [0.15, 0.2) is 71.3 Å². The standard InChI is InChI=1S/C21H18F3NO5S/c1-31(27,28)30-18-8-2-5-15(11-18)13-25(14-19-9-4-10-29-19)20(26)16-6-3-7-17(12-16)21(22,23)24/h2-12H,13-14H2,1H3. The normalized spacial score (nSPS) is 11.9. The number of carbonyl (C=O) groups is 1. The summed E-state index contributed by atoms with van der Waals surface area (Å²) in [7, 11) is -3.74. The van der Waals surface area contributed by atoms with Gasteiger partial charge in [-0.3, -0.25) is 4.79 Å². The van der Waals surface area contributed by atoms with Crippen LogP contribution in [0.3, 0.4) is 0 Å². The van der Waals surface area contributed by atoms with Gasteiger partial charge in [0.25, 0.3) is 5.91 Å². The Labute approximate surface area is 177 Å². The third-order valence-corrected chi connectivity index (χ3v) is 4.67. The Balaban J connectivity index is 1.90. The van der Waals surface area contributed by atoms with Gasteiger partial charge < -0.3 is 13.5 Å². The lowest BCUT2D eigenvalue weighted by Crippen LogP contribution is -2.30. The predicted octanol–water partition coefficient (Wildman–Crippen LogP) is 4.48. The van der Waals surface area contributed by atoms with Crippen molar-refractivity contribution in [1.29, 1.82) is 0 Å². The lowest BCUT2D eigenvalue weighted by atomic mass is 10.1. The molecule has 3 aromatic rings. The fraction of sp³-hybridized carbons (Fsp3) is 0.190. The van der Waals surface area contributed by atoms with Crippen molar-refractivity contribution in [3.8, 4) is 5.75 Å². The summed E-state index contributed by atoms with van der Waals surface area (Å²) in [5.41, 5.74) is -0.544. The van der Waals surface area contributed by atoms with Gasteiger partial charge in [0.15, 0.2) is 0 Å². The molecule has 0 aliphatic carbocycles. The smallest absolute Gasteiger partial charge is 0.416 e. The van der Waals surface area contributed by atoms with Gasteiger partial charge in [0, 0.05) is 12.1 Å². The Kier molecular flexibility index (Phi) is 6.40. The molecule has 2 aromatic carbocycles. The third kappa shape index (κ3) is 6.35. The van der Waals surface area contributed by atoms with Gasteiger partial charge in [-0.25, -0.2) is 0 Å². The number of halogens is 3. The molecule has 0 bridgehead atoms. The monoisotopic (exact) mass is 453 g/mol. The van der Waals surface area contributed by atoms with E-state index in [2.05, 4.69) is 0 Å². The maximum atomic E-state index is 13.1. The molecule has 31 heavy (non-hydrogen) atoms. The van der Waals surface area contributed by atoms with Crippen LogP contribution in [0.2, 0.25) is 0 Å². The molecule has 10 heteroatoms. The van der Waals surface area contributed by atoms with Crippen molar-refractivity contribution in [2.45, 2.75) is 19.3 Å². The minimum Gasteiger partial charge on any atom is -0.467 e. The summed E-state index contributed by atoms with van der Waals surface area (Å²) < 4.78 is 72.0. The highest BCUT2D eigenvalue weighted by atomic mass is 32.2. The highest BCUT2D eigenvalue weighted by Crippen LogP contribution is 2.30. The molecule has 0 atom stereocenters. The number of hydrogen-bond donors (Lipinski definition) is 0. The topological polar surface area (TPSA) is 76.8 Å². The van der Waals surface area contributed by atoms with E-state index in [1.54, 1.807) is 24.3 Å². The summed E-state index contributed by atoms with van der Waals surface area (Å²) in [4.78, 5) is 14.4. The molecule has 0 saturated carbocycles. The van der Waals surface area contributed by atoms with Gasteiger partial charge >= 0.3 is 16.3 Å². The van der Waals surface area contributed by atoms with Crippen LogP contribution in [0.5, 0.6) is 5.75 Å². The number of furan rings is 1. The average Bonchev–Trinajstić information content (AvgIpc) is 3.18. The van der Waals surface area contributed by atoms with Gasteiger partial charge in [0.2, 0.25) is 0 Å². The summed E-state index contributed by atoms with van der Waals surface area (Å²) in [5.74, 6) is -0.148. The van der Waals surface area contributed by atoms with Gasteiger partial charge in [0.05, 0.1) is 24.6 Å². The zero-order valence-electron chi connectivity index (χ0n) is 16.3. The Bertz CT molecular complexity index is 1160. The van der Waals surface area contributed by atoms with Crippen LogP contribution in [-0.4, -0.2) is 25.5 Å². The maximum Gasteiger partial charge on any atom is 0.416 e. The molecule has 0 radical (unpaired) electrons. The van der Waals surface area contributed by atoms with E-state index < -0.39 is 27.8 Å². The second kappa shape index (κ2) is 8.84. The second-order valence-corrected chi connectivity index (χ2v) is 8.33. The van der Waals surface area contributed by atoms with E-state index in [1.807, 2.05) is 0 Å². The van der Waals surface area contributed by atoms with Crippen LogP contribution >= 0.6 is 0 Å². The van der Waals surface area contributed by atoms with Crippen LogP contribution < -0.4 is 4.18 Å². The van der Waals surface area contributed by atoms with Crippen LogP contribution in [-0.2, 0) is 29.4 Å².